The highest BCUT2D eigenvalue weighted by Gasteiger charge is 2.14. The molecule has 0 amide bonds. The fraction of sp³-hybridized carbons (Fsp3) is 0.667. The number of piperidine rings is 1. The minimum atomic E-state index is 0.382. The molecule has 0 radical (unpaired) electrons. The van der Waals surface area contributed by atoms with Gasteiger partial charge in [0.25, 0.3) is 0 Å². The van der Waals surface area contributed by atoms with E-state index in [0.29, 0.717) is 12.6 Å². The first-order valence-corrected chi connectivity index (χ1v) is 7.36. The molecule has 0 bridgehead atoms. The topological polar surface area (TPSA) is 37.4 Å². The molecule has 4 heteroatoms. The highest BCUT2D eigenvalue weighted by atomic mass is 16.5. The van der Waals surface area contributed by atoms with Crippen LogP contribution in [0.25, 0.3) is 0 Å². The standard InChI is InChI=1S/C15H25N3O/c1-3-19-14-8-7-9-16-15(14)17-13(2)12-18-10-5-4-6-11-18/h7-9,13H,3-6,10-12H2,1-2H3,(H,16,17). The number of pyridine rings is 1. The molecule has 0 aliphatic carbocycles. The largest absolute Gasteiger partial charge is 0.490 e. The van der Waals surface area contributed by atoms with Crippen molar-refractivity contribution in [3.8, 4) is 5.75 Å². The Morgan fingerprint density at radius 1 is 1.37 bits per heavy atom. The van der Waals surface area contributed by atoms with Crippen molar-refractivity contribution in [3.63, 3.8) is 0 Å². The van der Waals surface area contributed by atoms with Gasteiger partial charge in [-0.25, -0.2) is 4.98 Å². The molecule has 0 saturated carbocycles. The van der Waals surface area contributed by atoms with Crippen molar-refractivity contribution in [1.29, 1.82) is 0 Å². The summed E-state index contributed by atoms with van der Waals surface area (Å²) in [4.78, 5) is 6.91. The molecule has 2 rings (SSSR count). The van der Waals surface area contributed by atoms with E-state index in [-0.39, 0.29) is 0 Å². The Balaban J connectivity index is 1.88. The number of hydrogen-bond donors (Lipinski definition) is 1. The van der Waals surface area contributed by atoms with Crippen molar-refractivity contribution < 1.29 is 4.74 Å². The number of rotatable bonds is 6. The monoisotopic (exact) mass is 263 g/mol. The van der Waals surface area contributed by atoms with Gasteiger partial charge in [0.2, 0.25) is 0 Å². The smallest absolute Gasteiger partial charge is 0.168 e. The van der Waals surface area contributed by atoms with Crippen LogP contribution in [0.2, 0.25) is 0 Å². The van der Waals surface area contributed by atoms with Crippen LogP contribution in [0.3, 0.4) is 0 Å². The van der Waals surface area contributed by atoms with Gasteiger partial charge in [0.05, 0.1) is 6.61 Å². The van der Waals surface area contributed by atoms with E-state index in [1.165, 1.54) is 32.4 Å². The van der Waals surface area contributed by atoms with Gasteiger partial charge in [0.15, 0.2) is 11.6 Å². The zero-order valence-electron chi connectivity index (χ0n) is 12.1. The molecule has 106 valence electrons. The maximum atomic E-state index is 5.59. The Morgan fingerprint density at radius 2 is 2.16 bits per heavy atom. The van der Waals surface area contributed by atoms with Gasteiger partial charge >= 0.3 is 0 Å². The quantitative estimate of drug-likeness (QED) is 0.856. The predicted molar refractivity (Wildman–Crippen MR) is 78.8 cm³/mol. The number of aromatic nitrogens is 1. The van der Waals surface area contributed by atoms with E-state index in [9.17, 15) is 0 Å². The van der Waals surface area contributed by atoms with Crippen LogP contribution in [0, 0.1) is 0 Å². The van der Waals surface area contributed by atoms with Gasteiger partial charge in [-0.2, -0.15) is 0 Å². The van der Waals surface area contributed by atoms with Gasteiger partial charge in [-0.3, -0.25) is 0 Å². The predicted octanol–water partition coefficient (Wildman–Crippen LogP) is 2.77. The fourth-order valence-electron chi connectivity index (χ4n) is 2.58. The van der Waals surface area contributed by atoms with Gasteiger partial charge in [0, 0.05) is 18.8 Å². The Hall–Kier alpha value is -1.29. The molecule has 1 N–H and O–H groups in total. The molecular formula is C15H25N3O. The van der Waals surface area contributed by atoms with Crippen LogP contribution in [0.5, 0.6) is 5.75 Å². The molecule has 1 aromatic rings. The highest BCUT2D eigenvalue weighted by molar-refractivity contribution is 5.50. The second-order valence-electron chi connectivity index (χ2n) is 5.19. The number of nitrogens with zero attached hydrogens (tertiary/aromatic N) is 2. The minimum absolute atomic E-state index is 0.382. The molecular weight excluding hydrogens is 238 g/mol. The zero-order valence-corrected chi connectivity index (χ0v) is 12.1. The normalized spacial score (nSPS) is 18.0. The number of anilines is 1. The minimum Gasteiger partial charge on any atom is -0.490 e. The lowest BCUT2D eigenvalue weighted by Crippen LogP contribution is -2.38. The molecule has 1 unspecified atom stereocenters. The van der Waals surface area contributed by atoms with Gasteiger partial charge in [0.1, 0.15) is 0 Å². The third kappa shape index (κ3) is 4.39. The summed E-state index contributed by atoms with van der Waals surface area (Å²) in [7, 11) is 0. The van der Waals surface area contributed by atoms with Crippen LogP contribution >= 0.6 is 0 Å². The van der Waals surface area contributed by atoms with E-state index in [4.69, 9.17) is 4.74 Å². The maximum absolute atomic E-state index is 5.59. The first-order chi connectivity index (χ1) is 9.29. The molecule has 1 aromatic heterocycles. The molecule has 2 heterocycles. The van der Waals surface area contributed by atoms with E-state index in [1.807, 2.05) is 19.1 Å². The Labute approximate surface area is 116 Å². The Kier molecular flexibility index (Phi) is 5.45. The summed E-state index contributed by atoms with van der Waals surface area (Å²) in [6, 6.07) is 4.25. The Bertz CT molecular complexity index is 377. The third-order valence-electron chi connectivity index (χ3n) is 3.43. The second-order valence-corrected chi connectivity index (χ2v) is 5.19. The zero-order chi connectivity index (χ0) is 13.5. The van der Waals surface area contributed by atoms with E-state index < -0.39 is 0 Å². The molecule has 4 nitrogen and oxygen atoms in total. The lowest BCUT2D eigenvalue weighted by atomic mass is 10.1. The van der Waals surface area contributed by atoms with Crippen LogP contribution in [-0.2, 0) is 0 Å². The van der Waals surface area contributed by atoms with E-state index in [0.717, 1.165) is 18.1 Å². The SMILES string of the molecule is CCOc1cccnc1NC(C)CN1CCCCC1. The summed E-state index contributed by atoms with van der Waals surface area (Å²) in [6.45, 7) is 8.40. The molecule has 0 aromatic carbocycles. The Morgan fingerprint density at radius 3 is 2.89 bits per heavy atom. The summed E-state index contributed by atoms with van der Waals surface area (Å²) < 4.78 is 5.59. The average molecular weight is 263 g/mol. The summed E-state index contributed by atoms with van der Waals surface area (Å²) in [5, 5.41) is 3.46. The molecule has 1 aliphatic rings. The van der Waals surface area contributed by atoms with Crippen molar-refractivity contribution >= 4 is 5.82 Å². The van der Waals surface area contributed by atoms with Crippen molar-refractivity contribution in [3.05, 3.63) is 18.3 Å². The first kappa shape index (κ1) is 14.1. The van der Waals surface area contributed by atoms with Crippen molar-refractivity contribution in [2.75, 3.05) is 31.6 Å². The fourth-order valence-corrected chi connectivity index (χ4v) is 2.58. The molecule has 19 heavy (non-hydrogen) atoms. The van der Waals surface area contributed by atoms with Crippen molar-refractivity contribution in [2.24, 2.45) is 0 Å². The van der Waals surface area contributed by atoms with Gasteiger partial charge in [-0.05, 0) is 51.9 Å². The lowest BCUT2D eigenvalue weighted by molar-refractivity contribution is 0.223. The van der Waals surface area contributed by atoms with E-state index >= 15 is 0 Å². The van der Waals surface area contributed by atoms with Crippen molar-refractivity contribution in [1.82, 2.24) is 9.88 Å². The summed E-state index contributed by atoms with van der Waals surface area (Å²) in [5.41, 5.74) is 0. The molecule has 0 spiro atoms. The van der Waals surface area contributed by atoms with Gasteiger partial charge in [-0.15, -0.1) is 0 Å². The van der Waals surface area contributed by atoms with Crippen LogP contribution < -0.4 is 10.1 Å². The number of likely N-dealkylation sites (tertiary alicyclic amines) is 1. The maximum Gasteiger partial charge on any atom is 0.168 e. The van der Waals surface area contributed by atoms with Crippen LogP contribution in [0.4, 0.5) is 5.82 Å². The van der Waals surface area contributed by atoms with Crippen LogP contribution in [0.15, 0.2) is 18.3 Å². The third-order valence-corrected chi connectivity index (χ3v) is 3.43. The number of ether oxygens (including phenoxy) is 1. The van der Waals surface area contributed by atoms with Crippen LogP contribution in [-0.4, -0.2) is 42.2 Å². The summed E-state index contributed by atoms with van der Waals surface area (Å²) in [5.74, 6) is 1.70. The highest BCUT2D eigenvalue weighted by Crippen LogP contribution is 2.21. The first-order valence-electron chi connectivity index (χ1n) is 7.36. The molecule has 1 saturated heterocycles. The second kappa shape index (κ2) is 7.34. The average Bonchev–Trinajstić information content (AvgIpc) is 2.42. The molecule has 1 fully saturated rings. The van der Waals surface area contributed by atoms with Gasteiger partial charge < -0.3 is 15.0 Å². The van der Waals surface area contributed by atoms with Crippen molar-refractivity contribution in [2.45, 2.75) is 39.2 Å². The lowest BCUT2D eigenvalue weighted by Gasteiger charge is -2.29. The number of hydrogen-bond acceptors (Lipinski definition) is 4. The molecule has 1 atom stereocenters. The van der Waals surface area contributed by atoms with Crippen LogP contribution in [0.1, 0.15) is 33.1 Å². The summed E-state index contributed by atoms with van der Waals surface area (Å²) in [6.07, 6.45) is 5.85. The summed E-state index contributed by atoms with van der Waals surface area (Å²) >= 11 is 0. The van der Waals surface area contributed by atoms with E-state index in [2.05, 4.69) is 22.1 Å². The number of nitrogens with one attached hydrogen (secondary N) is 1. The van der Waals surface area contributed by atoms with E-state index in [1.54, 1.807) is 6.20 Å². The van der Waals surface area contributed by atoms with Gasteiger partial charge in [-0.1, -0.05) is 6.42 Å². The molecule has 1 aliphatic heterocycles.